The van der Waals surface area contributed by atoms with E-state index in [9.17, 15) is 0 Å². The summed E-state index contributed by atoms with van der Waals surface area (Å²) >= 11 is 0. The molecule has 21 rings (SSSR count). The molecule has 0 amide bonds. The fourth-order valence-corrected chi connectivity index (χ4v) is 19.4. The van der Waals surface area contributed by atoms with E-state index in [0.717, 1.165) is 28.1 Å². The van der Waals surface area contributed by atoms with Gasteiger partial charge >= 0.3 is 0 Å². The number of benzene rings is 13. The Hall–Kier alpha value is -11.8. The molecule has 15 aromatic rings. The van der Waals surface area contributed by atoms with Crippen molar-refractivity contribution in [2.75, 3.05) is 0 Å². The van der Waals surface area contributed by atoms with Crippen LogP contribution in [-0.4, -0.2) is 9.97 Å². The van der Waals surface area contributed by atoms with Crippen LogP contribution in [0.1, 0.15) is 89.0 Å². The molecule has 0 bridgehead atoms. The van der Waals surface area contributed by atoms with Gasteiger partial charge in [0, 0.05) is 23.5 Å². The van der Waals surface area contributed by atoms with Gasteiger partial charge in [0.2, 0.25) is 0 Å². The first-order valence-electron chi connectivity index (χ1n) is 33.0. The van der Waals surface area contributed by atoms with Gasteiger partial charge in [-0.15, -0.1) is 0 Å². The first-order chi connectivity index (χ1) is 46.7. The van der Waals surface area contributed by atoms with Crippen LogP contribution in [0.15, 0.2) is 340 Å². The highest BCUT2D eigenvalue weighted by molar-refractivity contribution is 6.06. The normalized spacial score (nSPS) is 15.1. The van der Waals surface area contributed by atoms with Gasteiger partial charge in [-0.1, -0.05) is 297 Å². The van der Waals surface area contributed by atoms with E-state index < -0.39 is 21.7 Å². The Morgan fingerprint density at radius 2 is 0.436 bits per heavy atom. The second-order valence-electron chi connectivity index (χ2n) is 26.3. The highest BCUT2D eigenvalue weighted by Crippen LogP contribution is 2.72. The molecule has 2 aromatic heterocycles. The number of fused-ring (bicyclic) bond motifs is 32. The number of rotatable bonds is 4. The van der Waals surface area contributed by atoms with E-state index in [1.165, 1.54) is 150 Å². The van der Waals surface area contributed by atoms with Crippen molar-refractivity contribution in [2.45, 2.75) is 21.7 Å². The van der Waals surface area contributed by atoms with Crippen molar-refractivity contribution in [3.8, 4) is 89.3 Å². The molecule has 0 N–H and O–H groups in total. The Morgan fingerprint density at radius 3 is 0.851 bits per heavy atom. The van der Waals surface area contributed by atoms with E-state index in [4.69, 9.17) is 9.97 Å². The zero-order chi connectivity index (χ0) is 61.5. The van der Waals surface area contributed by atoms with Crippen LogP contribution in [-0.2, 0) is 21.7 Å². The van der Waals surface area contributed by atoms with E-state index in [1.807, 2.05) is 24.5 Å². The summed E-state index contributed by atoms with van der Waals surface area (Å²) in [7, 11) is 0. The summed E-state index contributed by atoms with van der Waals surface area (Å²) < 4.78 is 0. The van der Waals surface area contributed by atoms with Crippen LogP contribution in [0.5, 0.6) is 0 Å². The number of hydrogen-bond donors (Lipinski definition) is 0. The predicted molar refractivity (Wildman–Crippen MR) is 380 cm³/mol. The quantitative estimate of drug-likeness (QED) is 0.176. The number of pyridine rings is 2. The maximum Gasteiger partial charge on any atom is 0.0720 e. The van der Waals surface area contributed by atoms with Gasteiger partial charge in [-0.25, -0.2) is 0 Å². The molecule has 13 aromatic carbocycles. The summed E-state index contributed by atoms with van der Waals surface area (Å²) in [6.45, 7) is 0. The minimum absolute atomic E-state index is 0.571. The van der Waals surface area contributed by atoms with Crippen LogP contribution < -0.4 is 0 Å². The summed E-state index contributed by atoms with van der Waals surface area (Å²) in [5.74, 6) is 0. The maximum absolute atomic E-state index is 5.00. The Labute approximate surface area is 546 Å². The summed E-state index contributed by atoms with van der Waals surface area (Å²) in [6.07, 6.45) is 3.79. The highest BCUT2D eigenvalue weighted by atomic mass is 14.7. The lowest BCUT2D eigenvalue weighted by Gasteiger charge is -2.49. The van der Waals surface area contributed by atoms with E-state index in [-0.39, 0.29) is 0 Å². The molecule has 94 heavy (non-hydrogen) atoms. The fraction of sp³-hybridized carbons (Fsp3) is 0.0435. The maximum atomic E-state index is 5.00. The van der Waals surface area contributed by atoms with Gasteiger partial charge in [-0.2, -0.15) is 0 Å². The average molecular weight is 1190 g/mol. The largest absolute Gasteiger partial charge is 0.256 e. The van der Waals surface area contributed by atoms with Crippen LogP contribution in [0, 0.1) is 0 Å². The first-order valence-corrected chi connectivity index (χ1v) is 33.0. The van der Waals surface area contributed by atoms with E-state index in [1.54, 1.807) is 0 Å². The van der Waals surface area contributed by atoms with Gasteiger partial charge < -0.3 is 0 Å². The van der Waals surface area contributed by atoms with Crippen LogP contribution in [0.25, 0.3) is 89.3 Å². The molecule has 2 nitrogen and oxygen atoms in total. The zero-order valence-electron chi connectivity index (χ0n) is 51.2. The average Bonchev–Trinajstić information content (AvgIpc) is 1.43. The lowest BCUT2D eigenvalue weighted by molar-refractivity contribution is 0.633. The second-order valence-corrected chi connectivity index (χ2v) is 26.3. The number of nitrogens with zero attached hydrogens (tertiary/aromatic N) is 2. The third kappa shape index (κ3) is 6.18. The molecule has 2 heterocycles. The van der Waals surface area contributed by atoms with Gasteiger partial charge in [-0.3, -0.25) is 9.97 Å². The van der Waals surface area contributed by atoms with Crippen molar-refractivity contribution >= 4 is 0 Å². The van der Waals surface area contributed by atoms with Crippen molar-refractivity contribution < 1.29 is 0 Å². The van der Waals surface area contributed by atoms with E-state index in [0.29, 0.717) is 0 Å². The Kier molecular flexibility index (Phi) is 10.4. The molecular weight excluding hydrogens is 1130 g/mol. The van der Waals surface area contributed by atoms with Gasteiger partial charge in [0.15, 0.2) is 0 Å². The minimum atomic E-state index is -0.730. The molecule has 0 radical (unpaired) electrons. The van der Waals surface area contributed by atoms with Gasteiger partial charge in [0.25, 0.3) is 0 Å². The SMILES string of the molecule is c1ccc(-c2ccc(-c3ccc4c(c3)C3(c5ccccc5C5(c6ccccc6-c6ccccc65)c5ccccc53)c3cccc(-c5cccc6c5-c5ccccc5C65c6ccccc6C6(c7ccccc7-c7c(-c8ccccn8)cccc76)c6ccccc65)c3-4)cc2)nc1. The minimum Gasteiger partial charge on any atom is -0.256 e. The third-order valence-corrected chi connectivity index (χ3v) is 22.6. The molecule has 0 unspecified atom stereocenters. The molecular formula is C92H56N2. The Morgan fingerprint density at radius 1 is 0.160 bits per heavy atom. The lowest BCUT2D eigenvalue weighted by atomic mass is 9.52. The molecule has 2 heteroatoms. The molecule has 6 aliphatic carbocycles. The Balaban J connectivity index is 0.838. The van der Waals surface area contributed by atoms with E-state index >= 15 is 0 Å². The molecule has 0 saturated carbocycles. The van der Waals surface area contributed by atoms with Crippen LogP contribution in [0.4, 0.5) is 0 Å². The highest BCUT2D eigenvalue weighted by Gasteiger charge is 2.62. The standard InChI is InChI=1S/C92H56N2/c1-5-31-68-60(24-1)61-25-2-6-32-69(61)89(68)72-35-9-15-41-78(72)92(79-42-16-10-36-73(79)89)81-44-22-29-63(87(81)66-53-52-59(56-83(66)92)57-48-50-58(51-49-57)84-46-17-19-54-93-84)62-28-21-43-80-86(62)64-26-3-7-33-70(64)90(80)74-37-11-13-39-76(74)91(77-40-14-12-38-75(77)90)71-34-8-4-27-65(71)88-67(30-23-45-82(88)91)85-47-18-20-55-94-85/h1-56H. The second kappa shape index (κ2) is 18.9. The number of aromatic nitrogens is 2. The van der Waals surface area contributed by atoms with Crippen LogP contribution in [0.2, 0.25) is 0 Å². The molecule has 0 atom stereocenters. The summed E-state index contributed by atoms with van der Waals surface area (Å²) in [5.41, 5.74) is 37.6. The molecule has 6 aliphatic rings. The molecule has 434 valence electrons. The molecule has 0 aliphatic heterocycles. The summed E-state index contributed by atoms with van der Waals surface area (Å²) in [6, 6.07) is 125. The van der Waals surface area contributed by atoms with Crippen molar-refractivity contribution in [3.05, 3.63) is 429 Å². The summed E-state index contributed by atoms with van der Waals surface area (Å²) in [5, 5.41) is 0. The molecule has 0 fully saturated rings. The van der Waals surface area contributed by atoms with Crippen molar-refractivity contribution in [2.24, 2.45) is 0 Å². The zero-order valence-corrected chi connectivity index (χ0v) is 51.2. The van der Waals surface area contributed by atoms with Crippen molar-refractivity contribution in [3.63, 3.8) is 0 Å². The monoisotopic (exact) mass is 1190 g/mol. The predicted octanol–water partition coefficient (Wildman–Crippen LogP) is 21.2. The fourth-order valence-electron chi connectivity index (χ4n) is 19.4. The third-order valence-electron chi connectivity index (χ3n) is 22.6. The number of hydrogen-bond acceptors (Lipinski definition) is 2. The van der Waals surface area contributed by atoms with Gasteiger partial charge in [-0.05, 0) is 186 Å². The van der Waals surface area contributed by atoms with Crippen LogP contribution in [0.3, 0.4) is 0 Å². The first kappa shape index (κ1) is 51.9. The van der Waals surface area contributed by atoms with Gasteiger partial charge in [0.05, 0.1) is 33.0 Å². The smallest absolute Gasteiger partial charge is 0.0720 e. The van der Waals surface area contributed by atoms with Crippen molar-refractivity contribution in [1.82, 2.24) is 9.97 Å². The Bertz CT molecular complexity index is 5610. The molecule has 0 saturated heterocycles. The lowest BCUT2D eigenvalue weighted by Crippen LogP contribution is -2.43. The molecule has 4 spiro atoms. The van der Waals surface area contributed by atoms with Crippen LogP contribution >= 0.6 is 0 Å². The summed E-state index contributed by atoms with van der Waals surface area (Å²) in [4.78, 5) is 9.73. The van der Waals surface area contributed by atoms with Gasteiger partial charge in [0.1, 0.15) is 0 Å². The van der Waals surface area contributed by atoms with E-state index in [2.05, 4.69) is 315 Å². The topological polar surface area (TPSA) is 25.8 Å². The van der Waals surface area contributed by atoms with Crippen molar-refractivity contribution in [1.29, 1.82) is 0 Å².